The van der Waals surface area contributed by atoms with E-state index >= 15 is 0 Å². The molecule has 2 rings (SSSR count). The van der Waals surface area contributed by atoms with Crippen molar-refractivity contribution in [2.75, 3.05) is 26.1 Å². The van der Waals surface area contributed by atoms with Gasteiger partial charge in [-0.25, -0.2) is 0 Å². The van der Waals surface area contributed by atoms with Gasteiger partial charge in [0.2, 0.25) is 11.8 Å². The fourth-order valence-corrected chi connectivity index (χ4v) is 2.28. The van der Waals surface area contributed by atoms with E-state index in [-0.39, 0.29) is 24.8 Å². The first-order valence-corrected chi connectivity index (χ1v) is 7.86. The molecule has 0 unspecified atom stereocenters. The number of hydrogen-bond donors (Lipinski definition) is 2. The van der Waals surface area contributed by atoms with Gasteiger partial charge in [-0.2, -0.15) is 0 Å². The molecule has 0 heterocycles. The highest BCUT2D eigenvalue weighted by atomic mass is 16.5. The Bertz CT molecular complexity index is 742. The molecular weight excluding hydrogens is 320 g/mol. The first-order chi connectivity index (χ1) is 12.0. The van der Waals surface area contributed by atoms with Gasteiger partial charge in [-0.15, -0.1) is 0 Å². The Morgan fingerprint density at radius 2 is 1.68 bits per heavy atom. The summed E-state index contributed by atoms with van der Waals surface area (Å²) < 4.78 is 10.3. The van der Waals surface area contributed by atoms with Crippen molar-refractivity contribution in [2.24, 2.45) is 0 Å². The molecule has 132 valence electrons. The first-order valence-electron chi connectivity index (χ1n) is 7.86. The van der Waals surface area contributed by atoms with Crippen molar-refractivity contribution in [3.63, 3.8) is 0 Å². The molecule has 0 saturated carbocycles. The molecule has 0 atom stereocenters. The van der Waals surface area contributed by atoms with Gasteiger partial charge >= 0.3 is 0 Å². The van der Waals surface area contributed by atoms with Gasteiger partial charge in [-0.3, -0.25) is 9.59 Å². The van der Waals surface area contributed by atoms with E-state index in [4.69, 9.17) is 9.47 Å². The maximum absolute atomic E-state index is 12.0. The van der Waals surface area contributed by atoms with E-state index in [0.29, 0.717) is 11.4 Å². The van der Waals surface area contributed by atoms with Crippen LogP contribution in [0.5, 0.6) is 11.5 Å². The van der Waals surface area contributed by atoms with Crippen LogP contribution in [-0.4, -0.2) is 32.6 Å². The number of ether oxygens (including phenoxy) is 2. The predicted molar refractivity (Wildman–Crippen MR) is 96.1 cm³/mol. The molecule has 0 radical (unpaired) electrons. The lowest BCUT2D eigenvalue weighted by Gasteiger charge is -2.11. The highest BCUT2D eigenvalue weighted by Gasteiger charge is 2.10. The summed E-state index contributed by atoms with van der Waals surface area (Å²) in [6.07, 6.45) is 0.199. The number of carbonyl (C=O) groups excluding carboxylic acids is 2. The van der Waals surface area contributed by atoms with E-state index in [1.54, 1.807) is 25.3 Å². The van der Waals surface area contributed by atoms with Crippen LogP contribution >= 0.6 is 0 Å². The van der Waals surface area contributed by atoms with E-state index in [2.05, 4.69) is 10.6 Å². The summed E-state index contributed by atoms with van der Waals surface area (Å²) in [4.78, 5) is 24.0. The lowest BCUT2D eigenvalue weighted by atomic mass is 10.1. The third kappa shape index (κ3) is 5.53. The van der Waals surface area contributed by atoms with Crippen LogP contribution in [0.1, 0.15) is 11.1 Å². The van der Waals surface area contributed by atoms with E-state index in [0.717, 1.165) is 16.9 Å². The number of methoxy groups -OCH3 is 2. The smallest absolute Gasteiger partial charge is 0.243 e. The van der Waals surface area contributed by atoms with Gasteiger partial charge in [0.15, 0.2) is 0 Å². The van der Waals surface area contributed by atoms with E-state index < -0.39 is 0 Å². The average Bonchev–Trinajstić information content (AvgIpc) is 2.61. The van der Waals surface area contributed by atoms with Gasteiger partial charge in [0.25, 0.3) is 0 Å². The van der Waals surface area contributed by atoms with E-state index in [9.17, 15) is 9.59 Å². The molecule has 0 fully saturated rings. The second kappa shape index (κ2) is 8.73. The quantitative estimate of drug-likeness (QED) is 0.809. The van der Waals surface area contributed by atoms with Crippen molar-refractivity contribution in [2.45, 2.75) is 13.3 Å². The molecule has 0 saturated heterocycles. The van der Waals surface area contributed by atoms with Crippen LogP contribution in [0, 0.1) is 6.92 Å². The summed E-state index contributed by atoms with van der Waals surface area (Å²) in [6, 6.07) is 12.7. The Morgan fingerprint density at radius 1 is 0.960 bits per heavy atom. The van der Waals surface area contributed by atoms with E-state index in [1.165, 1.54) is 7.11 Å². The standard InChI is InChI=1S/C19H22N2O4/c1-13-4-9-17(25-3)16(10-13)21-19(23)12-20-18(22)11-14-5-7-15(24-2)8-6-14/h4-10H,11-12H2,1-3H3,(H,20,22)(H,21,23). The van der Waals surface area contributed by atoms with Crippen LogP contribution in [0.4, 0.5) is 5.69 Å². The molecule has 0 bridgehead atoms. The SMILES string of the molecule is COc1ccc(CC(=O)NCC(=O)Nc2cc(C)ccc2OC)cc1. The summed E-state index contributed by atoms with van der Waals surface area (Å²) in [5, 5.41) is 5.35. The van der Waals surface area contributed by atoms with Crippen LogP contribution in [0.2, 0.25) is 0 Å². The summed E-state index contributed by atoms with van der Waals surface area (Å²) in [5.41, 5.74) is 2.43. The highest BCUT2D eigenvalue weighted by Crippen LogP contribution is 2.24. The molecule has 2 aromatic carbocycles. The fraction of sp³-hybridized carbons (Fsp3) is 0.263. The average molecular weight is 342 g/mol. The molecule has 0 aliphatic heterocycles. The van der Waals surface area contributed by atoms with Gasteiger partial charge in [0, 0.05) is 0 Å². The number of anilines is 1. The highest BCUT2D eigenvalue weighted by molar-refractivity contribution is 5.96. The summed E-state index contributed by atoms with van der Waals surface area (Å²) >= 11 is 0. The lowest BCUT2D eigenvalue weighted by Crippen LogP contribution is -2.33. The molecule has 2 N–H and O–H groups in total. The minimum Gasteiger partial charge on any atom is -0.497 e. The third-order valence-electron chi connectivity index (χ3n) is 3.60. The molecular formula is C19H22N2O4. The zero-order valence-corrected chi connectivity index (χ0v) is 14.6. The molecule has 0 aliphatic carbocycles. The van der Waals surface area contributed by atoms with Crippen molar-refractivity contribution < 1.29 is 19.1 Å². The van der Waals surface area contributed by atoms with Crippen molar-refractivity contribution >= 4 is 17.5 Å². The Labute approximate surface area is 147 Å². The number of aryl methyl sites for hydroxylation is 1. The zero-order chi connectivity index (χ0) is 18.2. The number of nitrogens with one attached hydrogen (secondary N) is 2. The Balaban J connectivity index is 1.84. The number of benzene rings is 2. The van der Waals surface area contributed by atoms with Crippen LogP contribution in [0.25, 0.3) is 0 Å². The predicted octanol–water partition coefficient (Wildman–Crippen LogP) is 2.31. The van der Waals surface area contributed by atoms with Crippen LogP contribution in [0.15, 0.2) is 42.5 Å². The van der Waals surface area contributed by atoms with Gasteiger partial charge in [0.05, 0.1) is 32.9 Å². The summed E-state index contributed by atoms with van der Waals surface area (Å²) in [7, 11) is 3.13. The minimum atomic E-state index is -0.313. The molecule has 0 aliphatic rings. The second-order valence-corrected chi connectivity index (χ2v) is 5.55. The van der Waals surface area contributed by atoms with Crippen LogP contribution in [0.3, 0.4) is 0 Å². The molecule has 25 heavy (non-hydrogen) atoms. The van der Waals surface area contributed by atoms with Crippen molar-refractivity contribution in [3.8, 4) is 11.5 Å². The first kappa shape index (κ1) is 18.3. The molecule has 2 amide bonds. The second-order valence-electron chi connectivity index (χ2n) is 5.55. The van der Waals surface area contributed by atoms with Crippen molar-refractivity contribution in [3.05, 3.63) is 53.6 Å². The maximum Gasteiger partial charge on any atom is 0.243 e. The van der Waals surface area contributed by atoms with Crippen molar-refractivity contribution in [1.29, 1.82) is 0 Å². The van der Waals surface area contributed by atoms with Gasteiger partial charge in [-0.05, 0) is 42.3 Å². The van der Waals surface area contributed by atoms with Gasteiger partial charge in [0.1, 0.15) is 11.5 Å². The van der Waals surface area contributed by atoms with Crippen LogP contribution < -0.4 is 20.1 Å². The van der Waals surface area contributed by atoms with Crippen molar-refractivity contribution in [1.82, 2.24) is 5.32 Å². The van der Waals surface area contributed by atoms with Gasteiger partial charge < -0.3 is 20.1 Å². The Morgan fingerprint density at radius 3 is 2.32 bits per heavy atom. The summed E-state index contributed by atoms with van der Waals surface area (Å²) in [5.74, 6) is 0.766. The Kier molecular flexibility index (Phi) is 6.39. The number of carbonyl (C=O) groups is 2. The maximum atomic E-state index is 12.0. The molecule has 2 aromatic rings. The number of hydrogen-bond acceptors (Lipinski definition) is 4. The molecule has 6 heteroatoms. The summed E-state index contributed by atoms with van der Waals surface area (Å²) in [6.45, 7) is 1.82. The normalized spacial score (nSPS) is 10.0. The molecule has 0 aromatic heterocycles. The molecule has 6 nitrogen and oxygen atoms in total. The number of rotatable bonds is 7. The monoisotopic (exact) mass is 342 g/mol. The van der Waals surface area contributed by atoms with Crippen LogP contribution in [-0.2, 0) is 16.0 Å². The fourth-order valence-electron chi connectivity index (χ4n) is 2.28. The topological polar surface area (TPSA) is 76.7 Å². The largest absolute Gasteiger partial charge is 0.497 e. The van der Waals surface area contributed by atoms with Gasteiger partial charge in [-0.1, -0.05) is 18.2 Å². The molecule has 0 spiro atoms. The third-order valence-corrected chi connectivity index (χ3v) is 3.60. The minimum absolute atomic E-state index is 0.105. The lowest BCUT2D eigenvalue weighted by molar-refractivity contribution is -0.123. The van der Waals surface area contributed by atoms with E-state index in [1.807, 2.05) is 31.2 Å². The number of amides is 2. The Hall–Kier alpha value is -3.02. The zero-order valence-electron chi connectivity index (χ0n) is 14.6.